The van der Waals surface area contributed by atoms with E-state index >= 15 is 0 Å². The van der Waals surface area contributed by atoms with Crippen LogP contribution in [-0.2, 0) is 19.8 Å². The summed E-state index contributed by atoms with van der Waals surface area (Å²) >= 11 is 0. The normalized spacial score (nSPS) is 16.6. The molecule has 0 aromatic carbocycles. The van der Waals surface area contributed by atoms with Gasteiger partial charge >= 0.3 is 5.97 Å². The highest BCUT2D eigenvalue weighted by Gasteiger charge is 2.16. The Labute approximate surface area is 81.7 Å². The van der Waals surface area contributed by atoms with E-state index < -0.39 is 10.1 Å². The highest BCUT2D eigenvalue weighted by molar-refractivity contribution is 7.85. The zero-order chi connectivity index (χ0) is 10.6. The molecule has 0 saturated carbocycles. The van der Waals surface area contributed by atoms with Gasteiger partial charge in [-0.05, 0) is 19.3 Å². The van der Waals surface area contributed by atoms with Gasteiger partial charge in [-0.25, -0.2) is 4.79 Å². The average Bonchev–Trinajstić information content (AvgIpc) is 2.44. The van der Waals surface area contributed by atoms with Crippen molar-refractivity contribution in [1.29, 1.82) is 0 Å². The van der Waals surface area contributed by atoms with Crippen LogP contribution in [0, 0.1) is 0 Å². The molecule has 14 heavy (non-hydrogen) atoms. The number of oxime groups is 1. The Hall–Kier alpha value is -0.950. The van der Waals surface area contributed by atoms with Crippen LogP contribution >= 0.6 is 0 Å². The average molecular weight is 221 g/mol. The number of nitrogens with zero attached hydrogens (tertiary/aromatic N) is 1. The molecule has 1 heterocycles. The molecule has 7 heteroatoms. The van der Waals surface area contributed by atoms with Gasteiger partial charge in [0.05, 0.1) is 17.9 Å². The number of hydrogen-bond acceptors (Lipinski definition) is 5. The third-order valence-electron chi connectivity index (χ3n) is 1.74. The van der Waals surface area contributed by atoms with Crippen LogP contribution in [0.1, 0.15) is 25.7 Å². The van der Waals surface area contributed by atoms with Crippen LogP contribution in [-0.4, -0.2) is 30.4 Å². The Morgan fingerprint density at radius 3 is 2.64 bits per heavy atom. The first-order chi connectivity index (χ1) is 6.47. The lowest BCUT2D eigenvalue weighted by molar-refractivity contribution is -0.140. The summed E-state index contributed by atoms with van der Waals surface area (Å²) in [6.07, 6.45) is 1.63. The van der Waals surface area contributed by atoms with Crippen molar-refractivity contribution < 1.29 is 22.6 Å². The van der Waals surface area contributed by atoms with Crippen LogP contribution in [0.5, 0.6) is 0 Å². The number of carbonyl (C=O) groups is 1. The van der Waals surface area contributed by atoms with Gasteiger partial charge in [-0.15, -0.1) is 0 Å². The van der Waals surface area contributed by atoms with Crippen molar-refractivity contribution in [3.8, 4) is 0 Å². The van der Waals surface area contributed by atoms with E-state index in [1.807, 2.05) is 0 Å². The van der Waals surface area contributed by atoms with Crippen LogP contribution in [0.4, 0.5) is 0 Å². The molecule has 6 nitrogen and oxygen atoms in total. The molecule has 0 fully saturated rings. The maximum atomic E-state index is 10.6. The standard InChI is InChI=1S/C7H11NO5S/c9-7-5-6(8-13-7)3-1-2-4-14(10,11)12/h1-5H2,(H,10,11,12). The van der Waals surface area contributed by atoms with Gasteiger partial charge in [0.25, 0.3) is 10.1 Å². The quantitative estimate of drug-likeness (QED) is 0.410. The second kappa shape index (κ2) is 4.52. The third kappa shape index (κ3) is 4.33. The maximum absolute atomic E-state index is 10.6. The molecule has 0 saturated heterocycles. The fraction of sp³-hybridized carbons (Fsp3) is 0.714. The molecule has 0 aromatic heterocycles. The number of unbranched alkanes of at least 4 members (excludes halogenated alkanes) is 1. The summed E-state index contributed by atoms with van der Waals surface area (Å²) < 4.78 is 29.1. The third-order valence-corrected chi connectivity index (χ3v) is 2.55. The number of hydrogen-bond donors (Lipinski definition) is 1. The van der Waals surface area contributed by atoms with Crippen molar-refractivity contribution in [2.24, 2.45) is 5.16 Å². The number of carbonyl (C=O) groups excluding carboxylic acids is 1. The van der Waals surface area contributed by atoms with Crippen molar-refractivity contribution in [2.45, 2.75) is 25.7 Å². The van der Waals surface area contributed by atoms with Crippen LogP contribution in [0.2, 0.25) is 0 Å². The van der Waals surface area contributed by atoms with E-state index in [2.05, 4.69) is 9.99 Å². The lowest BCUT2D eigenvalue weighted by Gasteiger charge is -1.96. The fourth-order valence-corrected chi connectivity index (χ4v) is 1.66. The molecule has 1 aliphatic rings. The highest BCUT2D eigenvalue weighted by Crippen LogP contribution is 2.09. The zero-order valence-electron chi connectivity index (χ0n) is 7.47. The molecular formula is C7H11NO5S. The first-order valence-corrected chi connectivity index (χ1v) is 5.79. The van der Waals surface area contributed by atoms with E-state index in [1.165, 1.54) is 0 Å². The Morgan fingerprint density at radius 1 is 1.43 bits per heavy atom. The predicted octanol–water partition coefficient (Wildman–Crippen LogP) is 0.347. The maximum Gasteiger partial charge on any atom is 0.340 e. The molecule has 0 aromatic rings. The number of rotatable bonds is 5. The van der Waals surface area contributed by atoms with Crippen LogP contribution in [0.3, 0.4) is 0 Å². The van der Waals surface area contributed by atoms with Gasteiger partial charge in [0.15, 0.2) is 0 Å². The van der Waals surface area contributed by atoms with Crippen molar-refractivity contribution >= 4 is 21.8 Å². The smallest absolute Gasteiger partial charge is 0.318 e. The van der Waals surface area contributed by atoms with Crippen LogP contribution in [0.15, 0.2) is 5.16 Å². The highest BCUT2D eigenvalue weighted by atomic mass is 32.2. The minimum atomic E-state index is -3.87. The van der Waals surface area contributed by atoms with Gasteiger partial charge in [0, 0.05) is 0 Å². The first kappa shape index (κ1) is 11.1. The van der Waals surface area contributed by atoms with E-state index in [1.54, 1.807) is 0 Å². The molecule has 0 amide bonds. The molecule has 0 bridgehead atoms. The zero-order valence-corrected chi connectivity index (χ0v) is 8.29. The Bertz CT molecular complexity index is 345. The van der Waals surface area contributed by atoms with Crippen molar-refractivity contribution in [3.05, 3.63) is 0 Å². The summed E-state index contributed by atoms with van der Waals surface area (Å²) in [7, 11) is -3.87. The second-order valence-corrected chi connectivity index (χ2v) is 4.61. The Kier molecular flexibility index (Phi) is 3.59. The van der Waals surface area contributed by atoms with Gasteiger partial charge in [-0.3, -0.25) is 4.55 Å². The van der Waals surface area contributed by atoms with E-state index in [9.17, 15) is 13.2 Å². The molecule has 80 valence electrons. The van der Waals surface area contributed by atoms with E-state index in [0.29, 0.717) is 25.0 Å². The summed E-state index contributed by atoms with van der Waals surface area (Å²) in [6, 6.07) is 0. The van der Waals surface area contributed by atoms with E-state index in [-0.39, 0.29) is 18.1 Å². The lowest BCUT2D eigenvalue weighted by Crippen LogP contribution is -2.05. The summed E-state index contributed by atoms with van der Waals surface area (Å²) in [5.74, 6) is -0.635. The van der Waals surface area contributed by atoms with Crippen molar-refractivity contribution in [2.75, 3.05) is 5.75 Å². The van der Waals surface area contributed by atoms with Crippen molar-refractivity contribution in [3.63, 3.8) is 0 Å². The topological polar surface area (TPSA) is 93.0 Å². The monoisotopic (exact) mass is 221 g/mol. The largest absolute Gasteiger partial charge is 0.340 e. The van der Waals surface area contributed by atoms with Crippen molar-refractivity contribution in [1.82, 2.24) is 0 Å². The molecule has 0 unspecified atom stereocenters. The van der Waals surface area contributed by atoms with Crippen LogP contribution < -0.4 is 0 Å². The van der Waals surface area contributed by atoms with Gasteiger partial charge in [-0.1, -0.05) is 5.16 Å². The van der Waals surface area contributed by atoms with E-state index in [4.69, 9.17) is 4.55 Å². The van der Waals surface area contributed by atoms with E-state index in [0.717, 1.165) is 0 Å². The predicted molar refractivity (Wildman–Crippen MR) is 48.4 cm³/mol. The summed E-state index contributed by atoms with van der Waals surface area (Å²) in [4.78, 5) is 14.9. The van der Waals surface area contributed by atoms with Gasteiger partial charge < -0.3 is 4.84 Å². The Morgan fingerprint density at radius 2 is 2.14 bits per heavy atom. The molecule has 1 rings (SSSR count). The molecule has 0 atom stereocenters. The lowest BCUT2D eigenvalue weighted by atomic mass is 10.1. The molecule has 0 aliphatic carbocycles. The second-order valence-electron chi connectivity index (χ2n) is 3.04. The fourth-order valence-electron chi connectivity index (χ4n) is 1.09. The van der Waals surface area contributed by atoms with Gasteiger partial charge in [-0.2, -0.15) is 8.42 Å². The minimum Gasteiger partial charge on any atom is -0.318 e. The molecule has 0 radical (unpaired) electrons. The van der Waals surface area contributed by atoms with Gasteiger partial charge in [0.2, 0.25) is 0 Å². The molecular weight excluding hydrogens is 210 g/mol. The molecule has 1 aliphatic heterocycles. The first-order valence-electron chi connectivity index (χ1n) is 4.18. The summed E-state index contributed by atoms with van der Waals surface area (Å²) in [6.45, 7) is 0. The minimum absolute atomic E-state index is 0.186. The van der Waals surface area contributed by atoms with Crippen LogP contribution in [0.25, 0.3) is 0 Å². The molecule has 0 spiro atoms. The van der Waals surface area contributed by atoms with Gasteiger partial charge in [0.1, 0.15) is 0 Å². The Balaban J connectivity index is 2.14. The SMILES string of the molecule is O=C1CC(CCCCS(=O)(=O)O)=NO1. The summed E-state index contributed by atoms with van der Waals surface area (Å²) in [5.41, 5.74) is 0.630. The summed E-state index contributed by atoms with van der Waals surface area (Å²) in [5, 5.41) is 3.51. The molecule has 1 N–H and O–H groups in total.